The number of carbonyl (C=O) groups excluding carboxylic acids is 1. The molecule has 2 aliphatic heterocycles. The molecular formula is C22H27N5O2S. The minimum Gasteiger partial charge on any atom is -0.360 e. The molecule has 1 amide bonds. The molecule has 0 radical (unpaired) electrons. The molecule has 5 rings (SSSR count). The number of hydrogen-bond donors (Lipinski definition) is 0. The summed E-state index contributed by atoms with van der Waals surface area (Å²) in [5.74, 6) is 2.03. The monoisotopic (exact) mass is 425 g/mol. The van der Waals surface area contributed by atoms with Crippen LogP contribution in [0.5, 0.6) is 0 Å². The predicted octanol–water partition coefficient (Wildman–Crippen LogP) is 4.47. The van der Waals surface area contributed by atoms with Gasteiger partial charge in [0.05, 0.1) is 10.2 Å². The zero-order chi connectivity index (χ0) is 20.7. The molecule has 0 N–H and O–H groups in total. The summed E-state index contributed by atoms with van der Waals surface area (Å²) >= 11 is 1.70. The third-order valence-electron chi connectivity index (χ3n) is 6.60. The SMILES string of the molecule is CC(C)c1cc(C(=O)N2CCC[C@@]23CCCN(c2ncnc4ccsc24)CC3)no1. The van der Waals surface area contributed by atoms with Gasteiger partial charge in [-0.15, -0.1) is 11.3 Å². The van der Waals surface area contributed by atoms with Gasteiger partial charge in [0.25, 0.3) is 5.91 Å². The summed E-state index contributed by atoms with van der Waals surface area (Å²) in [6.07, 6.45) is 6.76. The molecule has 3 aromatic rings. The highest BCUT2D eigenvalue weighted by Gasteiger charge is 2.45. The van der Waals surface area contributed by atoms with Gasteiger partial charge in [0.1, 0.15) is 17.9 Å². The number of anilines is 1. The van der Waals surface area contributed by atoms with E-state index in [9.17, 15) is 4.79 Å². The van der Waals surface area contributed by atoms with Crippen LogP contribution in [0.3, 0.4) is 0 Å². The van der Waals surface area contributed by atoms with Crippen molar-refractivity contribution in [3.05, 3.63) is 35.3 Å². The molecule has 30 heavy (non-hydrogen) atoms. The minimum absolute atomic E-state index is 0.0132. The summed E-state index contributed by atoms with van der Waals surface area (Å²) in [5, 5.41) is 6.15. The van der Waals surface area contributed by atoms with Crippen molar-refractivity contribution >= 4 is 33.3 Å². The first-order chi connectivity index (χ1) is 14.6. The average Bonchev–Trinajstić information content (AvgIpc) is 3.46. The zero-order valence-electron chi connectivity index (χ0n) is 17.5. The molecule has 1 spiro atoms. The fraction of sp³-hybridized carbons (Fsp3) is 0.545. The lowest BCUT2D eigenvalue weighted by atomic mass is 9.87. The molecule has 3 aromatic heterocycles. The van der Waals surface area contributed by atoms with Gasteiger partial charge < -0.3 is 14.3 Å². The maximum atomic E-state index is 13.3. The number of rotatable bonds is 3. The van der Waals surface area contributed by atoms with Crippen molar-refractivity contribution in [3.8, 4) is 0 Å². The Morgan fingerprint density at radius 2 is 2.00 bits per heavy atom. The maximum Gasteiger partial charge on any atom is 0.276 e. The Bertz CT molecular complexity index is 1060. The number of thiophene rings is 1. The quantitative estimate of drug-likeness (QED) is 0.616. The molecule has 1 atom stereocenters. The van der Waals surface area contributed by atoms with Gasteiger partial charge in [-0.25, -0.2) is 9.97 Å². The van der Waals surface area contributed by atoms with Crippen LogP contribution in [0, 0.1) is 0 Å². The Balaban J connectivity index is 1.37. The summed E-state index contributed by atoms with van der Waals surface area (Å²) in [6.45, 7) is 6.73. The molecule has 8 heteroatoms. The molecule has 0 aromatic carbocycles. The van der Waals surface area contributed by atoms with Crippen molar-refractivity contribution in [2.75, 3.05) is 24.5 Å². The molecule has 0 aliphatic carbocycles. The standard InChI is InChI=1S/C22H27N5O2S/c1-15(2)18-13-17(25-29-18)21(28)27-10-4-7-22(27)6-3-9-26(11-8-22)20-19-16(5-12-30-19)23-14-24-20/h5,12-15H,3-4,6-11H2,1-2H3/t22-/m1/s1. The van der Waals surface area contributed by atoms with Crippen LogP contribution in [0.2, 0.25) is 0 Å². The van der Waals surface area contributed by atoms with Crippen molar-refractivity contribution in [1.29, 1.82) is 0 Å². The zero-order valence-corrected chi connectivity index (χ0v) is 18.3. The second-order valence-corrected chi connectivity index (χ2v) is 9.64. The van der Waals surface area contributed by atoms with Crippen LogP contribution in [0.4, 0.5) is 5.82 Å². The van der Waals surface area contributed by atoms with Crippen molar-refractivity contribution in [2.45, 2.75) is 57.4 Å². The first-order valence-electron chi connectivity index (χ1n) is 10.8. The van der Waals surface area contributed by atoms with Crippen molar-refractivity contribution in [3.63, 3.8) is 0 Å². The van der Waals surface area contributed by atoms with Crippen molar-refractivity contribution < 1.29 is 9.32 Å². The molecule has 5 heterocycles. The predicted molar refractivity (Wildman–Crippen MR) is 117 cm³/mol. The molecular weight excluding hydrogens is 398 g/mol. The fourth-order valence-corrected chi connectivity index (χ4v) is 5.83. The van der Waals surface area contributed by atoms with Crippen LogP contribution in [-0.2, 0) is 0 Å². The Morgan fingerprint density at radius 3 is 2.80 bits per heavy atom. The van der Waals surface area contributed by atoms with Crippen LogP contribution in [0.1, 0.15) is 68.1 Å². The lowest BCUT2D eigenvalue weighted by Gasteiger charge is -2.37. The molecule has 158 valence electrons. The van der Waals surface area contributed by atoms with Crippen LogP contribution >= 0.6 is 11.3 Å². The summed E-state index contributed by atoms with van der Waals surface area (Å²) in [5.41, 5.74) is 1.36. The first kappa shape index (κ1) is 19.5. The molecule has 0 unspecified atom stereocenters. The minimum atomic E-state index is -0.0929. The number of likely N-dealkylation sites (tertiary alicyclic amines) is 1. The third-order valence-corrected chi connectivity index (χ3v) is 7.50. The van der Waals surface area contributed by atoms with E-state index in [0.29, 0.717) is 5.69 Å². The van der Waals surface area contributed by atoms with Crippen LogP contribution in [0.15, 0.2) is 28.4 Å². The van der Waals surface area contributed by atoms with Gasteiger partial charge in [-0.1, -0.05) is 19.0 Å². The molecule has 2 aliphatic rings. The molecule has 2 fully saturated rings. The number of fused-ring (bicyclic) bond motifs is 1. The average molecular weight is 426 g/mol. The third kappa shape index (κ3) is 3.27. The van der Waals surface area contributed by atoms with Crippen molar-refractivity contribution in [1.82, 2.24) is 20.0 Å². The van der Waals surface area contributed by atoms with Crippen molar-refractivity contribution in [2.24, 2.45) is 0 Å². The lowest BCUT2D eigenvalue weighted by molar-refractivity contribution is 0.0555. The van der Waals surface area contributed by atoms with Gasteiger partial charge in [0.2, 0.25) is 0 Å². The fourth-order valence-electron chi connectivity index (χ4n) is 4.97. The Labute approximate surface area is 180 Å². The summed E-state index contributed by atoms with van der Waals surface area (Å²) in [4.78, 5) is 26.8. The highest BCUT2D eigenvalue weighted by Crippen LogP contribution is 2.40. The van der Waals surface area contributed by atoms with Gasteiger partial charge in [-0.2, -0.15) is 0 Å². The lowest BCUT2D eigenvalue weighted by Crippen LogP contribution is -2.48. The van der Waals surface area contributed by atoms with E-state index < -0.39 is 0 Å². The van der Waals surface area contributed by atoms with E-state index in [1.165, 1.54) is 0 Å². The topological polar surface area (TPSA) is 75.4 Å². The van der Waals surface area contributed by atoms with E-state index in [4.69, 9.17) is 4.52 Å². The highest BCUT2D eigenvalue weighted by molar-refractivity contribution is 7.17. The Kier molecular flexibility index (Phi) is 4.97. The number of nitrogens with zero attached hydrogens (tertiary/aromatic N) is 5. The number of hydrogen-bond acceptors (Lipinski definition) is 7. The Morgan fingerprint density at radius 1 is 1.17 bits per heavy atom. The second kappa shape index (κ2) is 7.65. The summed E-state index contributed by atoms with van der Waals surface area (Å²) in [6, 6.07) is 3.86. The second-order valence-electron chi connectivity index (χ2n) is 8.73. The smallest absolute Gasteiger partial charge is 0.276 e. The molecule has 0 saturated carbocycles. The van der Waals surface area contributed by atoms with Gasteiger partial charge in [-0.05, 0) is 43.6 Å². The maximum absolute atomic E-state index is 13.3. The van der Waals surface area contributed by atoms with Gasteiger partial charge in [-0.3, -0.25) is 4.79 Å². The summed E-state index contributed by atoms with van der Waals surface area (Å²) < 4.78 is 6.55. The first-order valence-corrected chi connectivity index (χ1v) is 11.7. The summed E-state index contributed by atoms with van der Waals surface area (Å²) in [7, 11) is 0. The highest BCUT2D eigenvalue weighted by atomic mass is 32.1. The van der Waals surface area contributed by atoms with Crippen LogP contribution in [-0.4, -0.2) is 51.1 Å². The van der Waals surface area contributed by atoms with Crippen LogP contribution in [0.25, 0.3) is 10.2 Å². The number of amides is 1. The number of carbonyl (C=O) groups is 1. The normalized spacial score (nSPS) is 22.4. The van der Waals surface area contributed by atoms with E-state index >= 15 is 0 Å². The van der Waals surface area contributed by atoms with E-state index in [2.05, 4.69) is 30.3 Å². The number of aromatic nitrogens is 3. The van der Waals surface area contributed by atoms with Crippen LogP contribution < -0.4 is 4.90 Å². The molecule has 7 nitrogen and oxygen atoms in total. The van der Waals surface area contributed by atoms with E-state index in [-0.39, 0.29) is 17.4 Å². The van der Waals surface area contributed by atoms with E-state index in [1.54, 1.807) is 17.7 Å². The molecule has 2 saturated heterocycles. The molecule has 0 bridgehead atoms. The Hall–Kier alpha value is -2.48. The largest absolute Gasteiger partial charge is 0.360 e. The van der Waals surface area contributed by atoms with Gasteiger partial charge in [0.15, 0.2) is 5.69 Å². The van der Waals surface area contributed by atoms with E-state index in [0.717, 1.165) is 73.5 Å². The van der Waals surface area contributed by atoms with E-state index in [1.807, 2.05) is 26.0 Å². The van der Waals surface area contributed by atoms with Gasteiger partial charge in [0, 0.05) is 37.2 Å². The van der Waals surface area contributed by atoms with Gasteiger partial charge >= 0.3 is 0 Å².